The van der Waals surface area contributed by atoms with Crippen molar-refractivity contribution in [2.45, 2.75) is 26.2 Å². The first-order chi connectivity index (χ1) is 6.52. The van der Waals surface area contributed by atoms with Gasteiger partial charge in [0.2, 0.25) is 0 Å². The zero-order chi connectivity index (χ0) is 10.6. The highest BCUT2D eigenvalue weighted by atomic mass is 32.1. The van der Waals surface area contributed by atoms with E-state index in [1.54, 1.807) is 0 Å². The molecule has 1 aromatic heterocycles. The summed E-state index contributed by atoms with van der Waals surface area (Å²) in [5, 5.41) is 5.56. The van der Waals surface area contributed by atoms with Crippen LogP contribution in [0.3, 0.4) is 0 Å². The lowest BCUT2D eigenvalue weighted by atomic mass is 9.91. The van der Waals surface area contributed by atoms with Gasteiger partial charge in [-0.1, -0.05) is 32.1 Å². The molecule has 78 valence electrons. The number of hydrogen-bond acceptors (Lipinski definition) is 2. The van der Waals surface area contributed by atoms with E-state index >= 15 is 0 Å². The van der Waals surface area contributed by atoms with Crippen LogP contribution in [-0.2, 0) is 5.41 Å². The minimum absolute atomic E-state index is 0.226. The Bertz CT molecular complexity index is 285. The Balaban J connectivity index is 2.46. The lowest BCUT2D eigenvalue weighted by molar-refractivity contribution is 0.489. The van der Waals surface area contributed by atoms with Gasteiger partial charge in [-0.15, -0.1) is 11.3 Å². The monoisotopic (exact) mass is 209 g/mol. The molecule has 0 spiro atoms. The fourth-order valence-electron chi connectivity index (χ4n) is 1.34. The van der Waals surface area contributed by atoms with Gasteiger partial charge in [0.25, 0.3) is 0 Å². The Hall–Kier alpha value is -0.600. The Morgan fingerprint density at radius 2 is 2.29 bits per heavy atom. The Kier molecular flexibility index (Phi) is 3.90. The van der Waals surface area contributed by atoms with Crippen molar-refractivity contribution in [1.29, 1.82) is 0 Å². The van der Waals surface area contributed by atoms with Crippen molar-refractivity contribution in [3.05, 3.63) is 34.5 Å². The summed E-state index contributed by atoms with van der Waals surface area (Å²) in [5.74, 6) is 0. The molecular weight excluding hydrogens is 190 g/mol. The van der Waals surface area contributed by atoms with E-state index in [1.807, 2.05) is 18.3 Å². The number of hydrogen-bond donors (Lipinski definition) is 1. The molecule has 1 heterocycles. The molecule has 1 N–H and O–H groups in total. The van der Waals surface area contributed by atoms with E-state index in [0.717, 1.165) is 13.1 Å². The van der Waals surface area contributed by atoms with Crippen LogP contribution in [0, 0.1) is 0 Å². The SMILES string of the molecule is C=C(C)CNCC(C)(C)c1cccs1. The predicted molar refractivity (Wildman–Crippen MR) is 65.0 cm³/mol. The number of thiophene rings is 1. The van der Waals surface area contributed by atoms with E-state index in [4.69, 9.17) is 0 Å². The first kappa shape index (κ1) is 11.5. The smallest absolute Gasteiger partial charge is 0.0159 e. The molecule has 0 amide bonds. The fraction of sp³-hybridized carbons (Fsp3) is 0.500. The van der Waals surface area contributed by atoms with E-state index in [1.165, 1.54) is 10.5 Å². The van der Waals surface area contributed by atoms with Gasteiger partial charge in [0.05, 0.1) is 0 Å². The zero-order valence-corrected chi connectivity index (χ0v) is 10.1. The van der Waals surface area contributed by atoms with Gasteiger partial charge in [0.1, 0.15) is 0 Å². The molecule has 0 atom stereocenters. The second-order valence-electron chi connectivity index (χ2n) is 4.42. The summed E-state index contributed by atoms with van der Waals surface area (Å²) in [5.41, 5.74) is 1.41. The molecule has 0 saturated carbocycles. The molecule has 0 unspecified atom stereocenters. The largest absolute Gasteiger partial charge is 0.312 e. The van der Waals surface area contributed by atoms with Crippen LogP contribution in [0.1, 0.15) is 25.6 Å². The van der Waals surface area contributed by atoms with Gasteiger partial charge >= 0.3 is 0 Å². The summed E-state index contributed by atoms with van der Waals surface area (Å²) in [7, 11) is 0. The van der Waals surface area contributed by atoms with Gasteiger partial charge < -0.3 is 5.32 Å². The molecule has 1 rings (SSSR count). The van der Waals surface area contributed by atoms with Gasteiger partial charge in [-0.3, -0.25) is 0 Å². The molecule has 2 heteroatoms. The minimum atomic E-state index is 0.226. The zero-order valence-electron chi connectivity index (χ0n) is 9.26. The van der Waals surface area contributed by atoms with E-state index < -0.39 is 0 Å². The standard InChI is InChI=1S/C12H19NS/c1-10(2)8-13-9-12(3,4)11-6-5-7-14-11/h5-7,13H,1,8-9H2,2-4H3. The van der Waals surface area contributed by atoms with Crippen LogP contribution in [0.4, 0.5) is 0 Å². The van der Waals surface area contributed by atoms with E-state index in [2.05, 4.69) is 43.3 Å². The maximum absolute atomic E-state index is 3.88. The van der Waals surface area contributed by atoms with Crippen molar-refractivity contribution < 1.29 is 0 Å². The van der Waals surface area contributed by atoms with E-state index in [9.17, 15) is 0 Å². The predicted octanol–water partition coefficient (Wildman–Crippen LogP) is 3.19. The summed E-state index contributed by atoms with van der Waals surface area (Å²) in [6.07, 6.45) is 0. The third kappa shape index (κ3) is 3.28. The molecule has 0 radical (unpaired) electrons. The lowest BCUT2D eigenvalue weighted by Crippen LogP contribution is -2.32. The lowest BCUT2D eigenvalue weighted by Gasteiger charge is -2.23. The normalized spacial score (nSPS) is 11.6. The highest BCUT2D eigenvalue weighted by Crippen LogP contribution is 2.26. The van der Waals surface area contributed by atoms with Gasteiger partial charge in [-0.25, -0.2) is 0 Å². The van der Waals surface area contributed by atoms with Gasteiger partial charge in [-0.05, 0) is 18.4 Å². The molecule has 0 aliphatic rings. The quantitative estimate of drug-likeness (QED) is 0.734. The summed E-state index contributed by atoms with van der Waals surface area (Å²) in [6, 6.07) is 4.31. The third-order valence-electron chi connectivity index (χ3n) is 2.18. The van der Waals surface area contributed by atoms with E-state index in [0.29, 0.717) is 0 Å². The molecule has 0 fully saturated rings. The summed E-state index contributed by atoms with van der Waals surface area (Å²) >= 11 is 1.83. The van der Waals surface area contributed by atoms with E-state index in [-0.39, 0.29) is 5.41 Å². The van der Waals surface area contributed by atoms with Crippen LogP contribution in [0.2, 0.25) is 0 Å². The maximum Gasteiger partial charge on any atom is 0.0159 e. The second-order valence-corrected chi connectivity index (χ2v) is 5.37. The van der Waals surface area contributed by atoms with Crippen molar-refractivity contribution in [1.82, 2.24) is 5.32 Å². The van der Waals surface area contributed by atoms with Crippen molar-refractivity contribution in [2.75, 3.05) is 13.1 Å². The maximum atomic E-state index is 3.88. The molecule has 1 nitrogen and oxygen atoms in total. The molecule has 0 aliphatic carbocycles. The Morgan fingerprint density at radius 1 is 1.57 bits per heavy atom. The van der Waals surface area contributed by atoms with Crippen molar-refractivity contribution in [2.24, 2.45) is 0 Å². The highest BCUT2D eigenvalue weighted by Gasteiger charge is 2.20. The highest BCUT2D eigenvalue weighted by molar-refractivity contribution is 7.10. The minimum Gasteiger partial charge on any atom is -0.312 e. The van der Waals surface area contributed by atoms with Crippen molar-refractivity contribution >= 4 is 11.3 Å². The van der Waals surface area contributed by atoms with Crippen LogP contribution in [0.25, 0.3) is 0 Å². The first-order valence-electron chi connectivity index (χ1n) is 4.91. The second kappa shape index (κ2) is 4.76. The van der Waals surface area contributed by atoms with Gasteiger partial charge in [0.15, 0.2) is 0 Å². The topological polar surface area (TPSA) is 12.0 Å². The summed E-state index contributed by atoms with van der Waals surface area (Å²) < 4.78 is 0. The molecule has 1 aromatic rings. The Labute approximate surface area is 90.9 Å². The van der Waals surface area contributed by atoms with Crippen molar-refractivity contribution in [3.63, 3.8) is 0 Å². The average molecular weight is 209 g/mol. The fourth-order valence-corrected chi connectivity index (χ4v) is 2.19. The molecule has 0 saturated heterocycles. The molecule has 14 heavy (non-hydrogen) atoms. The van der Waals surface area contributed by atoms with Crippen LogP contribution >= 0.6 is 11.3 Å². The van der Waals surface area contributed by atoms with Crippen LogP contribution in [0.15, 0.2) is 29.7 Å². The number of nitrogens with one attached hydrogen (secondary N) is 1. The number of rotatable bonds is 5. The first-order valence-corrected chi connectivity index (χ1v) is 5.79. The summed E-state index contributed by atoms with van der Waals surface area (Å²) in [4.78, 5) is 1.44. The van der Waals surface area contributed by atoms with Crippen LogP contribution in [0.5, 0.6) is 0 Å². The van der Waals surface area contributed by atoms with Gasteiger partial charge in [0, 0.05) is 23.4 Å². The third-order valence-corrected chi connectivity index (χ3v) is 3.42. The van der Waals surface area contributed by atoms with Gasteiger partial charge in [-0.2, -0.15) is 0 Å². The van der Waals surface area contributed by atoms with Crippen LogP contribution in [-0.4, -0.2) is 13.1 Å². The Morgan fingerprint density at radius 3 is 2.79 bits per heavy atom. The van der Waals surface area contributed by atoms with Crippen molar-refractivity contribution in [3.8, 4) is 0 Å². The average Bonchev–Trinajstić information content (AvgIpc) is 2.54. The molecule has 0 bridgehead atoms. The molecule has 0 aliphatic heterocycles. The molecular formula is C12H19NS. The molecule has 0 aromatic carbocycles. The van der Waals surface area contributed by atoms with Crippen LogP contribution < -0.4 is 5.32 Å². The summed E-state index contributed by atoms with van der Waals surface area (Å²) in [6.45, 7) is 12.4.